The SMILES string of the molecule is CN(C(=O)c1cccn1C)[C@@H]1CCCc2ccccc21. The quantitative estimate of drug-likeness (QED) is 0.821. The summed E-state index contributed by atoms with van der Waals surface area (Å²) < 4.78 is 1.88. The second kappa shape index (κ2) is 5.16. The van der Waals surface area contributed by atoms with Gasteiger partial charge < -0.3 is 9.47 Å². The molecular formula is C17H20N2O. The van der Waals surface area contributed by atoms with E-state index in [0.717, 1.165) is 25.0 Å². The third-order valence-corrected chi connectivity index (χ3v) is 4.29. The molecule has 1 atom stereocenters. The molecule has 1 aliphatic carbocycles. The molecule has 1 aliphatic rings. The molecule has 1 aromatic heterocycles. The third-order valence-electron chi connectivity index (χ3n) is 4.29. The van der Waals surface area contributed by atoms with Gasteiger partial charge in [0.1, 0.15) is 5.69 Å². The van der Waals surface area contributed by atoms with E-state index < -0.39 is 0 Å². The number of nitrogens with zero attached hydrogens (tertiary/aromatic N) is 2. The fourth-order valence-electron chi connectivity index (χ4n) is 3.14. The highest BCUT2D eigenvalue weighted by Gasteiger charge is 2.27. The van der Waals surface area contributed by atoms with Crippen molar-refractivity contribution in [2.75, 3.05) is 7.05 Å². The van der Waals surface area contributed by atoms with E-state index in [2.05, 4.69) is 24.3 Å². The second-order valence-electron chi connectivity index (χ2n) is 5.53. The molecular weight excluding hydrogens is 248 g/mol. The van der Waals surface area contributed by atoms with Crippen molar-refractivity contribution in [2.45, 2.75) is 25.3 Å². The molecule has 1 aromatic carbocycles. The number of fused-ring (bicyclic) bond motifs is 1. The minimum absolute atomic E-state index is 0.0965. The van der Waals surface area contributed by atoms with Crippen LogP contribution in [0, 0.1) is 0 Å². The molecule has 1 amide bonds. The average Bonchev–Trinajstić information content (AvgIpc) is 2.91. The van der Waals surface area contributed by atoms with Gasteiger partial charge in [-0.05, 0) is 42.5 Å². The smallest absolute Gasteiger partial charge is 0.270 e. The van der Waals surface area contributed by atoms with Gasteiger partial charge in [-0.1, -0.05) is 24.3 Å². The van der Waals surface area contributed by atoms with E-state index in [1.165, 1.54) is 11.1 Å². The van der Waals surface area contributed by atoms with Crippen molar-refractivity contribution in [3.8, 4) is 0 Å². The summed E-state index contributed by atoms with van der Waals surface area (Å²) in [5.74, 6) is 0.0965. The monoisotopic (exact) mass is 268 g/mol. The van der Waals surface area contributed by atoms with E-state index in [1.54, 1.807) is 0 Å². The van der Waals surface area contributed by atoms with Crippen LogP contribution >= 0.6 is 0 Å². The van der Waals surface area contributed by atoms with Gasteiger partial charge in [-0.2, -0.15) is 0 Å². The summed E-state index contributed by atoms with van der Waals surface area (Å²) in [7, 11) is 3.83. The number of carbonyl (C=O) groups excluding carboxylic acids is 1. The van der Waals surface area contributed by atoms with E-state index >= 15 is 0 Å². The lowest BCUT2D eigenvalue weighted by Gasteiger charge is -2.33. The van der Waals surface area contributed by atoms with E-state index in [9.17, 15) is 4.79 Å². The summed E-state index contributed by atoms with van der Waals surface area (Å²) in [6.07, 6.45) is 5.23. The lowest BCUT2D eigenvalue weighted by molar-refractivity contribution is 0.0705. The summed E-state index contributed by atoms with van der Waals surface area (Å²) in [4.78, 5) is 14.5. The predicted octanol–water partition coefficient (Wildman–Crippen LogP) is 3.17. The molecule has 0 N–H and O–H groups in total. The van der Waals surface area contributed by atoms with Crippen molar-refractivity contribution >= 4 is 5.91 Å². The van der Waals surface area contributed by atoms with Crippen molar-refractivity contribution < 1.29 is 4.79 Å². The number of aromatic nitrogens is 1. The van der Waals surface area contributed by atoms with Crippen LogP contribution in [0.25, 0.3) is 0 Å². The first-order valence-corrected chi connectivity index (χ1v) is 7.15. The largest absolute Gasteiger partial charge is 0.347 e. The molecule has 3 rings (SSSR count). The maximum Gasteiger partial charge on any atom is 0.270 e. The Balaban J connectivity index is 1.90. The first-order valence-electron chi connectivity index (χ1n) is 7.15. The van der Waals surface area contributed by atoms with E-state index in [0.29, 0.717) is 0 Å². The van der Waals surface area contributed by atoms with E-state index in [-0.39, 0.29) is 11.9 Å². The predicted molar refractivity (Wildman–Crippen MR) is 79.6 cm³/mol. The second-order valence-corrected chi connectivity index (χ2v) is 5.53. The molecule has 2 aromatic rings. The minimum Gasteiger partial charge on any atom is -0.347 e. The van der Waals surface area contributed by atoms with Crippen LogP contribution in [-0.2, 0) is 13.5 Å². The van der Waals surface area contributed by atoms with E-state index in [1.807, 2.05) is 41.9 Å². The number of hydrogen-bond acceptors (Lipinski definition) is 1. The molecule has 0 saturated carbocycles. The summed E-state index contributed by atoms with van der Waals surface area (Å²) in [6, 6.07) is 12.5. The maximum absolute atomic E-state index is 12.6. The maximum atomic E-state index is 12.6. The standard InChI is InChI=1S/C17H20N2O/c1-18-12-6-11-16(18)17(20)19(2)15-10-5-8-13-7-3-4-9-14(13)15/h3-4,6-7,9,11-12,15H,5,8,10H2,1-2H3/t15-/m1/s1. The van der Waals surface area contributed by atoms with Crippen molar-refractivity contribution in [1.29, 1.82) is 0 Å². The van der Waals surface area contributed by atoms with Crippen LogP contribution in [0.1, 0.15) is 40.5 Å². The van der Waals surface area contributed by atoms with E-state index in [4.69, 9.17) is 0 Å². The van der Waals surface area contributed by atoms with Crippen LogP contribution in [0.15, 0.2) is 42.6 Å². The van der Waals surface area contributed by atoms with Gasteiger partial charge in [-0.3, -0.25) is 4.79 Å². The number of carbonyl (C=O) groups is 1. The first-order chi connectivity index (χ1) is 9.68. The minimum atomic E-state index is 0.0965. The Kier molecular flexibility index (Phi) is 3.35. The lowest BCUT2D eigenvalue weighted by atomic mass is 9.87. The summed E-state index contributed by atoms with van der Waals surface area (Å²) in [5.41, 5.74) is 3.44. The normalized spacial score (nSPS) is 17.6. The molecule has 0 radical (unpaired) electrons. The van der Waals surface area contributed by atoms with Gasteiger partial charge in [-0.15, -0.1) is 0 Å². The Morgan fingerprint density at radius 3 is 2.80 bits per heavy atom. The van der Waals surface area contributed by atoms with Gasteiger partial charge in [0, 0.05) is 20.3 Å². The summed E-state index contributed by atoms with van der Waals surface area (Å²) >= 11 is 0. The average molecular weight is 268 g/mol. The van der Waals surface area contributed by atoms with Crippen LogP contribution < -0.4 is 0 Å². The zero-order chi connectivity index (χ0) is 14.1. The van der Waals surface area contributed by atoms with Crippen LogP contribution in [0.2, 0.25) is 0 Å². The Labute approximate surface area is 119 Å². The molecule has 3 nitrogen and oxygen atoms in total. The molecule has 20 heavy (non-hydrogen) atoms. The topological polar surface area (TPSA) is 25.2 Å². The molecule has 104 valence electrons. The molecule has 0 saturated heterocycles. The van der Waals surface area contributed by atoms with Crippen molar-refractivity contribution in [3.63, 3.8) is 0 Å². The Bertz CT molecular complexity index is 629. The molecule has 1 heterocycles. The van der Waals surface area contributed by atoms with Crippen LogP contribution in [0.3, 0.4) is 0 Å². The number of hydrogen-bond donors (Lipinski definition) is 0. The third kappa shape index (κ3) is 2.13. The Morgan fingerprint density at radius 2 is 2.05 bits per heavy atom. The lowest BCUT2D eigenvalue weighted by Crippen LogP contribution is -2.34. The molecule has 0 spiro atoms. The van der Waals surface area contributed by atoms with Crippen molar-refractivity contribution in [2.24, 2.45) is 7.05 Å². The van der Waals surface area contributed by atoms with Gasteiger partial charge in [-0.25, -0.2) is 0 Å². The summed E-state index contributed by atoms with van der Waals surface area (Å²) in [5, 5.41) is 0. The zero-order valence-corrected chi connectivity index (χ0v) is 12.0. The van der Waals surface area contributed by atoms with Crippen LogP contribution in [0.4, 0.5) is 0 Å². The Hall–Kier alpha value is -2.03. The molecule has 0 bridgehead atoms. The number of benzene rings is 1. The molecule has 3 heteroatoms. The molecule has 0 unspecified atom stereocenters. The zero-order valence-electron chi connectivity index (χ0n) is 12.0. The highest BCUT2D eigenvalue weighted by atomic mass is 16.2. The highest BCUT2D eigenvalue weighted by molar-refractivity contribution is 5.92. The van der Waals surface area contributed by atoms with Gasteiger partial charge in [0.05, 0.1) is 6.04 Å². The number of rotatable bonds is 2. The van der Waals surface area contributed by atoms with Gasteiger partial charge in [0.15, 0.2) is 0 Å². The molecule has 0 aliphatic heterocycles. The number of amides is 1. The van der Waals surface area contributed by atoms with Gasteiger partial charge in [0.2, 0.25) is 0 Å². The van der Waals surface area contributed by atoms with Crippen molar-refractivity contribution in [3.05, 3.63) is 59.4 Å². The summed E-state index contributed by atoms with van der Waals surface area (Å²) in [6.45, 7) is 0. The fourth-order valence-corrected chi connectivity index (χ4v) is 3.14. The van der Waals surface area contributed by atoms with Crippen LogP contribution in [0.5, 0.6) is 0 Å². The highest BCUT2D eigenvalue weighted by Crippen LogP contribution is 2.34. The first kappa shape index (κ1) is 13.0. The molecule has 0 fully saturated rings. The van der Waals surface area contributed by atoms with Crippen LogP contribution in [-0.4, -0.2) is 22.4 Å². The van der Waals surface area contributed by atoms with Gasteiger partial charge >= 0.3 is 0 Å². The van der Waals surface area contributed by atoms with Crippen molar-refractivity contribution in [1.82, 2.24) is 9.47 Å². The fraction of sp³-hybridized carbons (Fsp3) is 0.353. The number of aryl methyl sites for hydroxylation is 2. The van der Waals surface area contributed by atoms with Gasteiger partial charge in [0.25, 0.3) is 5.91 Å². The Morgan fingerprint density at radius 1 is 1.25 bits per heavy atom.